The van der Waals surface area contributed by atoms with Crippen molar-refractivity contribution in [3.8, 4) is 5.88 Å². The smallest absolute Gasteiger partial charge is 0.225 e. The van der Waals surface area contributed by atoms with Gasteiger partial charge < -0.3 is 14.7 Å². The van der Waals surface area contributed by atoms with E-state index < -0.39 is 0 Å². The van der Waals surface area contributed by atoms with Gasteiger partial charge in [0.15, 0.2) is 0 Å². The number of ether oxygens (including phenoxy) is 1. The number of fused-ring (bicyclic) bond motifs is 3. The van der Waals surface area contributed by atoms with Gasteiger partial charge in [-0.3, -0.25) is 0 Å². The van der Waals surface area contributed by atoms with Crippen LogP contribution in [0.25, 0.3) is 10.2 Å². The normalized spacial score (nSPS) is 29.1. The highest BCUT2D eigenvalue weighted by Gasteiger charge is 2.32. The summed E-state index contributed by atoms with van der Waals surface area (Å²) in [4.78, 5) is 14.1. The molecule has 2 aromatic heterocycles. The molecule has 3 aliphatic rings. The summed E-state index contributed by atoms with van der Waals surface area (Å²) in [6.07, 6.45) is 12.8. The second-order valence-electron chi connectivity index (χ2n) is 8.36. The van der Waals surface area contributed by atoms with Crippen LogP contribution in [-0.2, 0) is 6.42 Å². The van der Waals surface area contributed by atoms with E-state index in [1.165, 1.54) is 55.6 Å². The summed E-state index contributed by atoms with van der Waals surface area (Å²) >= 11 is 1.75. The number of piperidine rings is 1. The molecule has 1 N–H and O–H groups in total. The molecule has 2 aromatic rings. The molecule has 0 amide bonds. The number of hydrogen-bond acceptors (Lipinski definition) is 6. The van der Waals surface area contributed by atoms with Crippen molar-refractivity contribution in [2.75, 3.05) is 19.7 Å². The van der Waals surface area contributed by atoms with E-state index >= 15 is 0 Å². The predicted octanol–water partition coefficient (Wildman–Crippen LogP) is 3.89. The minimum Gasteiger partial charge on any atom is -0.474 e. The number of thiophene rings is 1. The summed E-state index contributed by atoms with van der Waals surface area (Å²) in [5.41, 5.74) is 1.26. The fourth-order valence-electron chi connectivity index (χ4n) is 5.28. The van der Waals surface area contributed by atoms with Gasteiger partial charge in [-0.2, -0.15) is 0 Å². The van der Waals surface area contributed by atoms with Crippen LogP contribution in [0.1, 0.15) is 67.7 Å². The molecule has 6 heteroatoms. The zero-order chi connectivity index (χ0) is 18.2. The Bertz CT molecular complexity index is 794. The summed E-state index contributed by atoms with van der Waals surface area (Å²) in [5.74, 6) is 0.969. The maximum Gasteiger partial charge on any atom is 0.225 e. The Morgan fingerprint density at radius 3 is 2.67 bits per heavy atom. The lowest BCUT2D eigenvalue weighted by molar-refractivity contribution is 0.0756. The second-order valence-corrected chi connectivity index (χ2v) is 9.44. The molecule has 2 aliphatic carbocycles. The lowest BCUT2D eigenvalue weighted by Crippen LogP contribution is -2.42. The van der Waals surface area contributed by atoms with Gasteiger partial charge in [-0.05, 0) is 70.0 Å². The summed E-state index contributed by atoms with van der Waals surface area (Å²) in [5, 5.41) is 10.9. The van der Waals surface area contributed by atoms with E-state index in [4.69, 9.17) is 4.74 Å². The molecule has 5 nitrogen and oxygen atoms in total. The Hall–Kier alpha value is -1.24. The Labute approximate surface area is 164 Å². The highest BCUT2D eigenvalue weighted by molar-refractivity contribution is 7.19. The van der Waals surface area contributed by atoms with Crippen LogP contribution in [0, 0.1) is 0 Å². The molecule has 5 rings (SSSR count). The molecular weight excluding hydrogens is 358 g/mol. The molecule has 0 spiro atoms. The van der Waals surface area contributed by atoms with E-state index in [0.29, 0.717) is 0 Å². The standard InChI is InChI=1S/C21H29N3O2S/c25-12-14-4-9-17-18(14)19-20(22-13-23-21(19)27-17)26-16-7-5-15(6-8-16)24-10-2-1-3-11-24/h13-16,25H,1-12H2. The topological polar surface area (TPSA) is 58.5 Å². The van der Waals surface area contributed by atoms with Crippen molar-refractivity contribution in [1.29, 1.82) is 0 Å². The third-order valence-corrected chi connectivity index (χ3v) is 7.92. The van der Waals surface area contributed by atoms with E-state index in [9.17, 15) is 5.11 Å². The largest absolute Gasteiger partial charge is 0.474 e. The molecule has 0 radical (unpaired) electrons. The van der Waals surface area contributed by atoms with Crippen molar-refractivity contribution in [3.05, 3.63) is 16.8 Å². The fraction of sp³-hybridized carbons (Fsp3) is 0.714. The van der Waals surface area contributed by atoms with Crippen LogP contribution >= 0.6 is 11.3 Å². The molecule has 146 valence electrons. The van der Waals surface area contributed by atoms with Crippen LogP contribution in [0.4, 0.5) is 0 Å². The zero-order valence-electron chi connectivity index (χ0n) is 15.9. The molecule has 27 heavy (non-hydrogen) atoms. The maximum absolute atomic E-state index is 9.77. The van der Waals surface area contributed by atoms with Gasteiger partial charge in [0, 0.05) is 16.8 Å². The second kappa shape index (κ2) is 7.64. The highest BCUT2D eigenvalue weighted by Crippen LogP contribution is 2.46. The maximum atomic E-state index is 9.77. The first kappa shape index (κ1) is 17.8. The minimum absolute atomic E-state index is 0.202. The average molecular weight is 388 g/mol. The Morgan fingerprint density at radius 1 is 1.07 bits per heavy atom. The average Bonchev–Trinajstić information content (AvgIpc) is 3.28. The summed E-state index contributed by atoms with van der Waals surface area (Å²) in [7, 11) is 0. The first-order valence-corrected chi connectivity index (χ1v) is 11.4. The van der Waals surface area contributed by atoms with Gasteiger partial charge in [0.05, 0.1) is 12.0 Å². The number of likely N-dealkylation sites (tertiary alicyclic amines) is 1. The minimum atomic E-state index is 0.202. The van der Waals surface area contributed by atoms with Gasteiger partial charge in [-0.25, -0.2) is 9.97 Å². The molecule has 1 saturated heterocycles. The number of aliphatic hydroxyl groups is 1. The molecular formula is C21H29N3O2S. The van der Waals surface area contributed by atoms with Gasteiger partial charge in [-0.15, -0.1) is 11.3 Å². The first-order chi connectivity index (χ1) is 13.3. The number of aryl methyl sites for hydroxylation is 1. The van der Waals surface area contributed by atoms with Crippen LogP contribution < -0.4 is 4.74 Å². The molecule has 0 aromatic carbocycles. The number of nitrogens with zero attached hydrogens (tertiary/aromatic N) is 3. The zero-order valence-corrected chi connectivity index (χ0v) is 16.7. The molecule has 2 fully saturated rings. The van der Waals surface area contributed by atoms with E-state index in [1.54, 1.807) is 17.7 Å². The van der Waals surface area contributed by atoms with Crippen molar-refractivity contribution < 1.29 is 9.84 Å². The number of aliphatic hydroxyl groups excluding tert-OH is 1. The van der Waals surface area contributed by atoms with Crippen LogP contribution in [0.15, 0.2) is 6.33 Å². The van der Waals surface area contributed by atoms with E-state index in [-0.39, 0.29) is 18.6 Å². The van der Waals surface area contributed by atoms with Crippen LogP contribution in [0.2, 0.25) is 0 Å². The Kier molecular flexibility index (Phi) is 5.05. The van der Waals surface area contributed by atoms with E-state index in [2.05, 4.69) is 14.9 Å². The first-order valence-electron chi connectivity index (χ1n) is 10.6. The molecule has 1 saturated carbocycles. The molecule has 0 bridgehead atoms. The summed E-state index contributed by atoms with van der Waals surface area (Å²) in [6, 6.07) is 0.750. The molecule has 1 unspecified atom stereocenters. The SMILES string of the molecule is OCC1CCc2sc3ncnc(OC4CCC(N5CCCCC5)CC4)c3c21. The van der Waals surface area contributed by atoms with E-state index in [0.717, 1.165) is 47.8 Å². The van der Waals surface area contributed by atoms with Gasteiger partial charge in [0.25, 0.3) is 0 Å². The lowest BCUT2D eigenvalue weighted by Gasteiger charge is -2.38. The van der Waals surface area contributed by atoms with Gasteiger partial charge in [0.1, 0.15) is 17.3 Å². The van der Waals surface area contributed by atoms with Crippen molar-refractivity contribution in [3.63, 3.8) is 0 Å². The Balaban J connectivity index is 1.31. The predicted molar refractivity (Wildman–Crippen MR) is 108 cm³/mol. The van der Waals surface area contributed by atoms with Crippen LogP contribution in [0.3, 0.4) is 0 Å². The van der Waals surface area contributed by atoms with Crippen LogP contribution in [-0.4, -0.2) is 51.8 Å². The molecule has 1 atom stereocenters. The van der Waals surface area contributed by atoms with Crippen molar-refractivity contribution in [2.24, 2.45) is 0 Å². The molecule has 3 heterocycles. The third kappa shape index (κ3) is 3.36. The Morgan fingerprint density at radius 2 is 1.89 bits per heavy atom. The van der Waals surface area contributed by atoms with Crippen molar-refractivity contribution >= 4 is 21.6 Å². The fourth-order valence-corrected chi connectivity index (χ4v) is 6.51. The van der Waals surface area contributed by atoms with Crippen molar-refractivity contribution in [2.45, 2.75) is 75.9 Å². The van der Waals surface area contributed by atoms with E-state index in [1.807, 2.05) is 0 Å². The van der Waals surface area contributed by atoms with Gasteiger partial charge in [0.2, 0.25) is 5.88 Å². The molecule has 1 aliphatic heterocycles. The van der Waals surface area contributed by atoms with Gasteiger partial charge >= 0.3 is 0 Å². The third-order valence-electron chi connectivity index (χ3n) is 6.74. The lowest BCUT2D eigenvalue weighted by atomic mass is 9.90. The number of aromatic nitrogens is 2. The highest BCUT2D eigenvalue weighted by atomic mass is 32.1. The summed E-state index contributed by atoms with van der Waals surface area (Å²) in [6.45, 7) is 2.77. The van der Waals surface area contributed by atoms with Crippen molar-refractivity contribution in [1.82, 2.24) is 14.9 Å². The quantitative estimate of drug-likeness (QED) is 0.862. The summed E-state index contributed by atoms with van der Waals surface area (Å²) < 4.78 is 6.44. The van der Waals surface area contributed by atoms with Gasteiger partial charge in [-0.1, -0.05) is 6.42 Å². The van der Waals surface area contributed by atoms with Crippen LogP contribution in [0.5, 0.6) is 5.88 Å². The number of rotatable bonds is 4. The number of hydrogen-bond donors (Lipinski definition) is 1. The monoisotopic (exact) mass is 387 g/mol.